The lowest BCUT2D eigenvalue weighted by Gasteiger charge is -2.47. The molecule has 1 N–H and O–H groups in total. The summed E-state index contributed by atoms with van der Waals surface area (Å²) in [5.74, 6) is 0. The molecule has 0 unspecified atom stereocenters. The van der Waals surface area contributed by atoms with Gasteiger partial charge in [0.2, 0.25) is 0 Å². The first-order chi connectivity index (χ1) is 17.4. The number of hydrogen-bond acceptors (Lipinski definition) is 2. The van der Waals surface area contributed by atoms with Gasteiger partial charge in [0, 0.05) is 25.4 Å². The monoisotopic (exact) mass is 551 g/mol. The highest BCUT2D eigenvalue weighted by Crippen LogP contribution is 2.61. The Bertz CT molecular complexity index is 706. The molecule has 0 spiro atoms. The first-order valence-corrected chi connectivity index (χ1v) is 20.8. The summed E-state index contributed by atoms with van der Waals surface area (Å²) in [6.45, 7) is 22.7. The molecule has 4 heteroatoms. The zero-order valence-electron chi connectivity index (χ0n) is 26.6. The zero-order chi connectivity index (χ0) is 28.2. The lowest BCUT2D eigenvalue weighted by molar-refractivity contribution is -0.0211. The summed E-state index contributed by atoms with van der Waals surface area (Å²) in [6, 6.07) is 3.47. The number of allylic oxidation sites excluding steroid dienone is 2. The van der Waals surface area contributed by atoms with Crippen molar-refractivity contribution in [1.29, 1.82) is 0 Å². The third-order valence-electron chi connectivity index (χ3n) is 9.13. The van der Waals surface area contributed by atoms with Crippen LogP contribution in [0.4, 0.5) is 0 Å². The van der Waals surface area contributed by atoms with Crippen LogP contribution in [0.15, 0.2) is 29.0 Å². The van der Waals surface area contributed by atoms with Crippen molar-refractivity contribution in [2.75, 3.05) is 24.6 Å². The maximum atomic E-state index is 11.6. The first-order valence-electron chi connectivity index (χ1n) is 15.8. The molecule has 1 fully saturated rings. The third-order valence-corrected chi connectivity index (χ3v) is 18.6. The van der Waals surface area contributed by atoms with Gasteiger partial charge in [-0.3, -0.25) is 0 Å². The van der Waals surface area contributed by atoms with Crippen molar-refractivity contribution < 1.29 is 9.53 Å². The molecule has 1 aliphatic carbocycles. The van der Waals surface area contributed by atoms with Crippen molar-refractivity contribution in [2.24, 2.45) is 5.41 Å². The van der Waals surface area contributed by atoms with Gasteiger partial charge in [-0.2, -0.15) is 0 Å². The summed E-state index contributed by atoms with van der Waals surface area (Å²) in [6.07, 6.45) is 20.2. The second kappa shape index (κ2) is 16.2. The Hall–Kier alpha value is -0.173. The van der Waals surface area contributed by atoms with Crippen LogP contribution < -0.4 is 0 Å². The summed E-state index contributed by atoms with van der Waals surface area (Å²) in [4.78, 5) is 0. The Balaban J connectivity index is 3.19. The van der Waals surface area contributed by atoms with Crippen molar-refractivity contribution >= 4 is 15.6 Å². The van der Waals surface area contributed by atoms with E-state index in [2.05, 4.69) is 80.2 Å². The summed E-state index contributed by atoms with van der Waals surface area (Å²) in [5, 5.41) is 11.6. The maximum absolute atomic E-state index is 11.6. The van der Waals surface area contributed by atoms with Gasteiger partial charge in [0.05, 0.1) is 30.2 Å². The van der Waals surface area contributed by atoms with E-state index in [1.165, 1.54) is 68.7 Å². The molecule has 0 saturated heterocycles. The maximum Gasteiger partial charge on any atom is 0.192 e. The molecule has 37 heavy (non-hydrogen) atoms. The molecule has 0 aromatic carbocycles. The van der Waals surface area contributed by atoms with Gasteiger partial charge < -0.3 is 9.53 Å². The number of unbranched alkanes of at least 4 members (excludes halogenated alkanes) is 3. The quantitative estimate of drug-likeness (QED) is 0.0843. The normalized spacial score (nSPS) is 22.7. The van der Waals surface area contributed by atoms with Crippen molar-refractivity contribution in [3.63, 3.8) is 0 Å². The fourth-order valence-electron chi connectivity index (χ4n) is 6.48. The van der Waals surface area contributed by atoms with Gasteiger partial charge in [0.15, 0.2) is 8.32 Å². The molecule has 2 atom stereocenters. The Labute approximate surface area is 234 Å². The standard InChI is InChI=1S/C33H64O2PSi/c1-11-17-23-36(24-18-12-2,25-19-13-3)26-22-29(7)20-21-31-32(8,9)27-30(28-33(31,10)34)35-37(14-4,15-5)16-6/h20,22,30,34H,11-19,23-28H2,1-10H3/q+1/b29-22+/t21?,30-,33+/m0/s1. The molecule has 0 radical (unpaired) electrons. The predicted molar refractivity (Wildman–Crippen MR) is 172 cm³/mol. The van der Waals surface area contributed by atoms with E-state index < -0.39 is 21.2 Å². The van der Waals surface area contributed by atoms with Crippen LogP contribution in [0.2, 0.25) is 18.1 Å². The van der Waals surface area contributed by atoms with Crippen LogP contribution in [0.5, 0.6) is 0 Å². The predicted octanol–water partition coefficient (Wildman–Crippen LogP) is 10.4. The molecular weight excluding hydrogens is 487 g/mol. The topological polar surface area (TPSA) is 29.5 Å². The molecule has 1 saturated carbocycles. The number of rotatable bonds is 17. The number of hydrogen-bond donors (Lipinski definition) is 1. The second-order valence-corrected chi connectivity index (χ2v) is 22.0. The van der Waals surface area contributed by atoms with E-state index in [9.17, 15) is 5.11 Å². The molecule has 0 bridgehead atoms. The van der Waals surface area contributed by atoms with Crippen LogP contribution >= 0.6 is 7.26 Å². The third kappa shape index (κ3) is 10.7. The smallest absolute Gasteiger partial charge is 0.192 e. The zero-order valence-corrected chi connectivity index (χ0v) is 28.5. The Morgan fingerprint density at radius 2 is 1.41 bits per heavy atom. The summed E-state index contributed by atoms with van der Waals surface area (Å²) >= 11 is 0. The van der Waals surface area contributed by atoms with Crippen molar-refractivity contribution in [3.05, 3.63) is 29.0 Å². The van der Waals surface area contributed by atoms with Crippen LogP contribution in [0.1, 0.15) is 121 Å². The minimum Gasteiger partial charge on any atom is -0.414 e. The van der Waals surface area contributed by atoms with E-state index in [0.29, 0.717) is 6.42 Å². The summed E-state index contributed by atoms with van der Waals surface area (Å²) in [7, 11) is -2.64. The molecule has 0 aromatic rings. The number of aliphatic hydroxyl groups is 1. The Morgan fingerprint density at radius 1 is 0.919 bits per heavy atom. The molecule has 0 aliphatic heterocycles. The lowest BCUT2D eigenvalue weighted by Crippen LogP contribution is -2.50. The van der Waals surface area contributed by atoms with Crippen LogP contribution in [0.25, 0.3) is 0 Å². The van der Waals surface area contributed by atoms with E-state index in [1.54, 1.807) is 0 Å². The van der Waals surface area contributed by atoms with Crippen molar-refractivity contribution in [2.45, 2.75) is 150 Å². The van der Waals surface area contributed by atoms with Crippen molar-refractivity contribution in [1.82, 2.24) is 0 Å². The second-order valence-electron chi connectivity index (χ2n) is 12.9. The van der Waals surface area contributed by atoms with Crippen LogP contribution in [-0.4, -0.2) is 49.8 Å². The lowest BCUT2D eigenvalue weighted by atomic mass is 9.65. The van der Waals surface area contributed by atoms with Crippen LogP contribution in [-0.2, 0) is 4.43 Å². The molecule has 0 heterocycles. The molecule has 1 aliphatic rings. The molecular formula is C33H64O2PSi+. The summed E-state index contributed by atoms with van der Waals surface area (Å²) in [5.41, 5.74) is 4.99. The minimum atomic E-state index is -1.70. The largest absolute Gasteiger partial charge is 0.414 e. The van der Waals surface area contributed by atoms with Gasteiger partial charge in [-0.05, 0) is 80.8 Å². The highest BCUT2D eigenvalue weighted by molar-refractivity contribution is 7.76. The van der Waals surface area contributed by atoms with E-state index in [-0.39, 0.29) is 11.5 Å². The summed E-state index contributed by atoms with van der Waals surface area (Å²) < 4.78 is 6.86. The van der Waals surface area contributed by atoms with E-state index in [4.69, 9.17) is 4.43 Å². The van der Waals surface area contributed by atoms with Gasteiger partial charge in [0.25, 0.3) is 0 Å². The van der Waals surface area contributed by atoms with Gasteiger partial charge in [-0.25, -0.2) is 0 Å². The van der Waals surface area contributed by atoms with Gasteiger partial charge in [-0.15, -0.1) is 5.73 Å². The minimum absolute atomic E-state index is 0.126. The highest BCUT2D eigenvalue weighted by Gasteiger charge is 2.47. The van der Waals surface area contributed by atoms with E-state index >= 15 is 0 Å². The first kappa shape index (κ1) is 34.9. The van der Waals surface area contributed by atoms with Crippen LogP contribution in [0.3, 0.4) is 0 Å². The van der Waals surface area contributed by atoms with Gasteiger partial charge in [-0.1, -0.05) is 74.7 Å². The molecule has 216 valence electrons. The average molecular weight is 552 g/mol. The molecule has 1 rings (SSSR count). The SMILES string of the molecule is CCCC[P+](C/C=C(\C)C=C=C1C(C)(C)C[C@H](O[Si](CC)(CC)CC)C[C@@]1(C)O)(CCCC)CCCC. The van der Waals surface area contributed by atoms with E-state index in [1.807, 2.05) is 6.92 Å². The van der Waals surface area contributed by atoms with Gasteiger partial charge >= 0.3 is 0 Å². The fourth-order valence-corrected chi connectivity index (χ4v) is 14.2. The van der Waals surface area contributed by atoms with Gasteiger partial charge in [0.1, 0.15) is 0 Å². The van der Waals surface area contributed by atoms with Crippen LogP contribution in [0, 0.1) is 5.41 Å². The highest BCUT2D eigenvalue weighted by atomic mass is 31.2. The molecule has 2 nitrogen and oxygen atoms in total. The Kier molecular flexibility index (Phi) is 15.2. The van der Waals surface area contributed by atoms with Crippen molar-refractivity contribution in [3.8, 4) is 0 Å². The molecule has 0 amide bonds. The Morgan fingerprint density at radius 3 is 1.81 bits per heavy atom. The molecule has 0 aromatic heterocycles. The van der Waals surface area contributed by atoms with E-state index in [0.717, 1.165) is 30.1 Å². The average Bonchev–Trinajstić information content (AvgIpc) is 2.85. The fraction of sp³-hybridized carbons (Fsp3) is 0.848.